The van der Waals surface area contributed by atoms with Gasteiger partial charge in [0.2, 0.25) is 5.91 Å². The van der Waals surface area contributed by atoms with Crippen molar-refractivity contribution < 1.29 is 9.59 Å². The van der Waals surface area contributed by atoms with E-state index < -0.39 is 0 Å². The summed E-state index contributed by atoms with van der Waals surface area (Å²) in [6, 6.07) is 14.4. The Kier molecular flexibility index (Phi) is 5.84. The molecule has 0 spiro atoms. The van der Waals surface area contributed by atoms with Crippen LogP contribution in [0.1, 0.15) is 28.5 Å². The minimum atomic E-state index is -0.169. The molecule has 27 heavy (non-hydrogen) atoms. The molecule has 0 bridgehead atoms. The lowest BCUT2D eigenvalue weighted by Gasteiger charge is -2.18. The fourth-order valence-electron chi connectivity index (χ4n) is 2.47. The summed E-state index contributed by atoms with van der Waals surface area (Å²) in [6.07, 6.45) is 3.14. The number of allylic oxidation sites excluding steroid dienone is 1. The Hall–Kier alpha value is -2.76. The van der Waals surface area contributed by atoms with Gasteiger partial charge in [0.15, 0.2) is 10.9 Å². The highest BCUT2D eigenvalue weighted by Crippen LogP contribution is 2.30. The Balaban J connectivity index is 1.81. The lowest BCUT2D eigenvalue weighted by Crippen LogP contribution is -2.22. The molecule has 1 amide bonds. The van der Waals surface area contributed by atoms with Gasteiger partial charge in [-0.15, -0.1) is 11.3 Å². The number of anilines is 2. The lowest BCUT2D eigenvalue weighted by molar-refractivity contribution is -0.115. The van der Waals surface area contributed by atoms with E-state index in [0.717, 1.165) is 5.56 Å². The molecule has 2 aromatic carbocycles. The normalized spacial score (nSPS) is 10.9. The van der Waals surface area contributed by atoms with Crippen LogP contribution in [0.5, 0.6) is 0 Å². The van der Waals surface area contributed by atoms with Crippen LogP contribution in [0.2, 0.25) is 5.02 Å². The second-order valence-corrected chi connectivity index (χ2v) is 7.23. The molecule has 3 aromatic rings. The van der Waals surface area contributed by atoms with Crippen molar-refractivity contribution in [2.75, 3.05) is 4.90 Å². The van der Waals surface area contributed by atoms with Crippen LogP contribution in [0, 0.1) is 6.92 Å². The molecule has 0 aliphatic rings. The van der Waals surface area contributed by atoms with Crippen LogP contribution in [-0.4, -0.2) is 16.7 Å². The molecule has 1 aromatic heterocycles. The number of ketones is 1. The number of benzene rings is 2. The fourth-order valence-corrected chi connectivity index (χ4v) is 3.51. The smallest absolute Gasteiger partial charge is 0.230 e. The maximum Gasteiger partial charge on any atom is 0.230 e. The van der Waals surface area contributed by atoms with Crippen molar-refractivity contribution in [1.82, 2.24) is 4.98 Å². The zero-order valence-corrected chi connectivity index (χ0v) is 16.4. The molecule has 4 nitrogen and oxygen atoms in total. The first-order valence-electron chi connectivity index (χ1n) is 8.25. The Labute approximate surface area is 166 Å². The van der Waals surface area contributed by atoms with E-state index in [4.69, 9.17) is 11.6 Å². The number of hydrogen-bond acceptors (Lipinski definition) is 4. The van der Waals surface area contributed by atoms with Crippen LogP contribution < -0.4 is 4.90 Å². The number of carbonyl (C=O) groups is 2. The number of thiazole rings is 1. The topological polar surface area (TPSA) is 50.3 Å². The van der Waals surface area contributed by atoms with Crippen molar-refractivity contribution in [2.45, 2.75) is 13.8 Å². The molecule has 0 fully saturated rings. The van der Waals surface area contributed by atoms with E-state index in [0.29, 0.717) is 27.1 Å². The average Bonchev–Trinajstić information content (AvgIpc) is 3.08. The number of aromatic nitrogens is 1. The molecule has 6 heteroatoms. The quantitative estimate of drug-likeness (QED) is 0.411. The molecule has 0 unspecified atom stereocenters. The Morgan fingerprint density at radius 3 is 2.56 bits per heavy atom. The summed E-state index contributed by atoms with van der Waals surface area (Å²) in [5.41, 5.74) is 2.99. The second kappa shape index (κ2) is 8.29. The van der Waals surface area contributed by atoms with Gasteiger partial charge in [-0.05, 0) is 37.3 Å². The van der Waals surface area contributed by atoms with Crippen molar-refractivity contribution >= 4 is 51.5 Å². The minimum Gasteiger partial charge on any atom is -0.289 e. The molecule has 0 radical (unpaired) electrons. The van der Waals surface area contributed by atoms with E-state index in [1.807, 2.05) is 19.1 Å². The third kappa shape index (κ3) is 4.70. The highest BCUT2D eigenvalue weighted by atomic mass is 35.5. The Morgan fingerprint density at radius 1 is 1.15 bits per heavy atom. The van der Waals surface area contributed by atoms with Gasteiger partial charge in [0.25, 0.3) is 0 Å². The summed E-state index contributed by atoms with van der Waals surface area (Å²) in [4.78, 5) is 30.3. The van der Waals surface area contributed by atoms with Gasteiger partial charge in [-0.2, -0.15) is 0 Å². The molecule has 0 aliphatic carbocycles. The van der Waals surface area contributed by atoms with Gasteiger partial charge in [-0.3, -0.25) is 14.5 Å². The maximum absolute atomic E-state index is 12.2. The Bertz CT molecular complexity index is 1010. The Morgan fingerprint density at radius 2 is 1.89 bits per heavy atom. The molecule has 1 heterocycles. The highest BCUT2D eigenvalue weighted by Gasteiger charge is 2.17. The summed E-state index contributed by atoms with van der Waals surface area (Å²) in [7, 11) is 0. The first-order chi connectivity index (χ1) is 12.9. The summed E-state index contributed by atoms with van der Waals surface area (Å²) < 4.78 is 0. The van der Waals surface area contributed by atoms with Gasteiger partial charge in [-0.1, -0.05) is 47.5 Å². The number of hydrogen-bond donors (Lipinski definition) is 0. The predicted molar refractivity (Wildman–Crippen MR) is 111 cm³/mol. The van der Waals surface area contributed by atoms with Crippen LogP contribution >= 0.6 is 22.9 Å². The lowest BCUT2D eigenvalue weighted by atomic mass is 10.1. The molecular weight excluding hydrogens is 380 g/mol. The molecule has 0 N–H and O–H groups in total. The van der Waals surface area contributed by atoms with Crippen LogP contribution in [0.25, 0.3) is 6.08 Å². The van der Waals surface area contributed by atoms with Crippen LogP contribution in [-0.2, 0) is 4.79 Å². The number of rotatable bonds is 5. The largest absolute Gasteiger partial charge is 0.289 e. The zero-order chi connectivity index (χ0) is 19.4. The maximum atomic E-state index is 12.2. The first-order valence-corrected chi connectivity index (χ1v) is 9.50. The van der Waals surface area contributed by atoms with Crippen LogP contribution in [0.15, 0.2) is 60.0 Å². The van der Waals surface area contributed by atoms with Crippen molar-refractivity contribution in [3.8, 4) is 0 Å². The molecule has 0 saturated carbocycles. The van der Waals surface area contributed by atoms with E-state index in [1.54, 1.807) is 47.9 Å². The zero-order valence-electron chi connectivity index (χ0n) is 14.8. The molecule has 136 valence electrons. The molecule has 0 saturated heterocycles. The van der Waals surface area contributed by atoms with Crippen LogP contribution in [0.4, 0.5) is 10.8 Å². The number of carbonyl (C=O) groups excluding carboxylic acids is 2. The summed E-state index contributed by atoms with van der Waals surface area (Å²) in [5.74, 6) is -0.263. The summed E-state index contributed by atoms with van der Waals surface area (Å²) in [5, 5.41) is 2.86. The summed E-state index contributed by atoms with van der Waals surface area (Å²) >= 11 is 7.36. The van der Waals surface area contributed by atoms with Crippen molar-refractivity contribution in [3.63, 3.8) is 0 Å². The molecule has 0 aliphatic heterocycles. The molecular formula is C21H17ClN2O2S. The third-order valence-corrected chi connectivity index (χ3v) is 4.90. The van der Waals surface area contributed by atoms with Gasteiger partial charge in [-0.25, -0.2) is 4.98 Å². The number of amides is 1. The van der Waals surface area contributed by atoms with Crippen LogP contribution in [0.3, 0.4) is 0 Å². The van der Waals surface area contributed by atoms with E-state index in [-0.39, 0.29) is 11.7 Å². The monoisotopic (exact) mass is 396 g/mol. The molecule has 3 rings (SSSR count). The van der Waals surface area contributed by atoms with E-state index >= 15 is 0 Å². The minimum absolute atomic E-state index is 0.0946. The number of halogens is 1. The first kappa shape index (κ1) is 19.0. The molecule has 0 atom stereocenters. The second-order valence-electron chi connectivity index (χ2n) is 5.95. The third-order valence-electron chi connectivity index (χ3n) is 3.82. The average molecular weight is 397 g/mol. The van der Waals surface area contributed by atoms with E-state index in [2.05, 4.69) is 4.98 Å². The van der Waals surface area contributed by atoms with E-state index in [9.17, 15) is 9.59 Å². The van der Waals surface area contributed by atoms with Crippen molar-refractivity contribution in [3.05, 3.63) is 81.8 Å². The summed E-state index contributed by atoms with van der Waals surface area (Å²) in [6.45, 7) is 3.44. The van der Waals surface area contributed by atoms with E-state index in [1.165, 1.54) is 29.2 Å². The van der Waals surface area contributed by atoms with Gasteiger partial charge in [0.05, 0.1) is 11.4 Å². The standard InChI is InChI=1S/C21H17ClN2O2S/c1-14-6-8-16(9-7-14)20(26)11-10-18-13-27-21(23-18)24(15(2)25)19-5-3-4-17(22)12-19/h3-13H,1-2H3. The van der Waals surface area contributed by atoms with Crippen molar-refractivity contribution in [1.29, 1.82) is 0 Å². The SMILES string of the molecule is CC(=O)N(c1cccc(Cl)c1)c1nc(C=CC(=O)c2ccc(C)cc2)cs1. The predicted octanol–water partition coefficient (Wildman–Crippen LogP) is 5.69. The number of aryl methyl sites for hydroxylation is 1. The van der Waals surface area contributed by atoms with Gasteiger partial charge >= 0.3 is 0 Å². The van der Waals surface area contributed by atoms with Gasteiger partial charge in [0, 0.05) is 22.9 Å². The fraction of sp³-hybridized carbons (Fsp3) is 0.0952. The number of nitrogens with zero attached hydrogens (tertiary/aromatic N) is 2. The van der Waals surface area contributed by atoms with Crippen molar-refractivity contribution in [2.24, 2.45) is 0 Å². The highest BCUT2D eigenvalue weighted by molar-refractivity contribution is 7.14. The van der Waals surface area contributed by atoms with Gasteiger partial charge in [0.1, 0.15) is 0 Å². The van der Waals surface area contributed by atoms with Gasteiger partial charge < -0.3 is 0 Å².